The first-order valence-corrected chi connectivity index (χ1v) is 14.4. The van der Waals surface area contributed by atoms with Crippen LogP contribution in [0, 0.1) is 0 Å². The van der Waals surface area contributed by atoms with E-state index in [1.54, 1.807) is 24.3 Å². The number of hydrogen-bond acceptors (Lipinski definition) is 9. The molecule has 0 saturated carbocycles. The van der Waals surface area contributed by atoms with E-state index in [1.807, 2.05) is 0 Å². The molecule has 0 fully saturated rings. The number of phenolic OH excluding ortho intramolecular Hbond substituents is 2. The minimum Gasteiger partial charge on any atom is -0.508 e. The molecule has 0 saturated heterocycles. The highest BCUT2D eigenvalue weighted by atomic mass is 16.4. The molecule has 4 atom stereocenters. The standard InChI is InChI=1S/C30H44N6O7/c31-15-3-1-6-26(30(42)43)36-29(41)25(35-28(40)24(33)18-20-9-13-22(38)14-10-20)5-2-4-16-34-27(39)23(32)17-19-7-11-21(37)12-8-19/h7-14,23-26,37-38H,1-6,15-18,31-33H2,(H,34,39)(H,35,40)(H,36,41)(H,42,43)/t23-,24-,25-,26-/m0/s1. The van der Waals surface area contributed by atoms with Crippen LogP contribution in [0.15, 0.2) is 48.5 Å². The Balaban J connectivity index is 1.94. The normalized spacial score (nSPS) is 13.7. The van der Waals surface area contributed by atoms with Gasteiger partial charge in [0.25, 0.3) is 0 Å². The lowest BCUT2D eigenvalue weighted by atomic mass is 10.0. The summed E-state index contributed by atoms with van der Waals surface area (Å²) in [6, 6.07) is 8.66. The first kappa shape index (κ1) is 35.0. The molecule has 0 aliphatic rings. The topological polar surface area (TPSA) is 243 Å². The maximum absolute atomic E-state index is 13.1. The summed E-state index contributed by atoms with van der Waals surface area (Å²) >= 11 is 0. The maximum Gasteiger partial charge on any atom is 0.326 e. The number of hydrogen-bond donors (Lipinski definition) is 9. The van der Waals surface area contributed by atoms with Crippen LogP contribution >= 0.6 is 0 Å². The van der Waals surface area contributed by atoms with Gasteiger partial charge in [-0.2, -0.15) is 0 Å². The average Bonchev–Trinajstić information content (AvgIpc) is 2.97. The SMILES string of the molecule is NCCCC[C@H](NC(=O)[C@H](CCCCNC(=O)[C@@H](N)Cc1ccc(O)cc1)NC(=O)[C@@H](N)Cc1ccc(O)cc1)C(=O)O. The molecule has 12 N–H and O–H groups in total. The lowest BCUT2D eigenvalue weighted by Crippen LogP contribution is -2.54. The van der Waals surface area contributed by atoms with Gasteiger partial charge < -0.3 is 48.5 Å². The van der Waals surface area contributed by atoms with Crippen molar-refractivity contribution in [3.63, 3.8) is 0 Å². The van der Waals surface area contributed by atoms with Crippen LogP contribution in [0.5, 0.6) is 11.5 Å². The highest BCUT2D eigenvalue weighted by molar-refractivity contribution is 5.91. The van der Waals surface area contributed by atoms with Gasteiger partial charge in [-0.3, -0.25) is 14.4 Å². The fourth-order valence-electron chi connectivity index (χ4n) is 4.34. The van der Waals surface area contributed by atoms with Crippen molar-refractivity contribution in [3.8, 4) is 11.5 Å². The Morgan fingerprint density at radius 2 is 1.12 bits per heavy atom. The van der Waals surface area contributed by atoms with E-state index >= 15 is 0 Å². The van der Waals surface area contributed by atoms with Gasteiger partial charge in [0.15, 0.2) is 0 Å². The third-order valence-electron chi connectivity index (χ3n) is 6.87. The largest absolute Gasteiger partial charge is 0.508 e. The molecule has 0 heterocycles. The number of benzene rings is 2. The summed E-state index contributed by atoms with van der Waals surface area (Å²) in [5, 5.41) is 36.3. The van der Waals surface area contributed by atoms with Crippen molar-refractivity contribution in [1.29, 1.82) is 0 Å². The van der Waals surface area contributed by atoms with Crippen LogP contribution in [-0.4, -0.2) is 76.3 Å². The summed E-state index contributed by atoms with van der Waals surface area (Å²) in [4.78, 5) is 50.1. The number of amides is 3. The fraction of sp³-hybridized carbons (Fsp3) is 0.467. The minimum absolute atomic E-state index is 0.0773. The molecule has 3 amide bonds. The molecule has 0 aliphatic heterocycles. The van der Waals surface area contributed by atoms with Gasteiger partial charge in [0.1, 0.15) is 23.6 Å². The molecule has 236 valence electrons. The summed E-state index contributed by atoms with van der Waals surface area (Å²) in [5.74, 6) is -2.58. The van der Waals surface area contributed by atoms with E-state index in [0.29, 0.717) is 44.2 Å². The van der Waals surface area contributed by atoms with Crippen LogP contribution in [0.1, 0.15) is 49.7 Å². The first-order valence-electron chi connectivity index (χ1n) is 14.4. The van der Waals surface area contributed by atoms with E-state index in [1.165, 1.54) is 24.3 Å². The Morgan fingerprint density at radius 1 is 0.651 bits per heavy atom. The number of rotatable bonds is 19. The van der Waals surface area contributed by atoms with Gasteiger partial charge in [0.05, 0.1) is 12.1 Å². The zero-order chi connectivity index (χ0) is 31.8. The maximum atomic E-state index is 13.1. The van der Waals surface area contributed by atoms with Crippen molar-refractivity contribution >= 4 is 23.7 Å². The number of aliphatic carboxylic acids is 1. The molecule has 2 rings (SSSR count). The van der Waals surface area contributed by atoms with Gasteiger partial charge in [-0.15, -0.1) is 0 Å². The molecule has 0 aromatic heterocycles. The first-order chi connectivity index (χ1) is 20.5. The van der Waals surface area contributed by atoms with Gasteiger partial charge in [-0.05, 0) is 93.3 Å². The van der Waals surface area contributed by atoms with Crippen LogP contribution in [0.4, 0.5) is 0 Å². The third kappa shape index (κ3) is 13.1. The summed E-state index contributed by atoms with van der Waals surface area (Å²) < 4.78 is 0. The molecule has 2 aromatic rings. The van der Waals surface area contributed by atoms with Crippen molar-refractivity contribution < 1.29 is 34.5 Å². The van der Waals surface area contributed by atoms with Gasteiger partial charge in [-0.1, -0.05) is 24.3 Å². The zero-order valence-corrected chi connectivity index (χ0v) is 24.2. The quantitative estimate of drug-likeness (QED) is 0.0978. The highest BCUT2D eigenvalue weighted by Crippen LogP contribution is 2.13. The second-order valence-electron chi connectivity index (χ2n) is 10.5. The van der Waals surface area contributed by atoms with Crippen LogP contribution in [0.25, 0.3) is 0 Å². The molecule has 0 bridgehead atoms. The Kier molecular flexibility index (Phi) is 14.9. The lowest BCUT2D eigenvalue weighted by molar-refractivity contribution is -0.142. The summed E-state index contributed by atoms with van der Waals surface area (Å²) in [5.41, 5.74) is 19.1. The van der Waals surface area contributed by atoms with Gasteiger partial charge >= 0.3 is 5.97 Å². The lowest BCUT2D eigenvalue weighted by Gasteiger charge is -2.23. The van der Waals surface area contributed by atoms with E-state index in [0.717, 1.165) is 5.56 Å². The van der Waals surface area contributed by atoms with E-state index in [2.05, 4.69) is 16.0 Å². The number of carbonyl (C=O) groups excluding carboxylic acids is 3. The van der Waals surface area contributed by atoms with Gasteiger partial charge in [0.2, 0.25) is 17.7 Å². The van der Waals surface area contributed by atoms with Crippen LogP contribution in [-0.2, 0) is 32.0 Å². The van der Waals surface area contributed by atoms with E-state index in [9.17, 15) is 34.5 Å². The monoisotopic (exact) mass is 600 g/mol. The van der Waals surface area contributed by atoms with Crippen molar-refractivity contribution in [1.82, 2.24) is 16.0 Å². The zero-order valence-electron chi connectivity index (χ0n) is 24.2. The predicted molar refractivity (Wildman–Crippen MR) is 161 cm³/mol. The van der Waals surface area contributed by atoms with Crippen LogP contribution in [0.2, 0.25) is 0 Å². The Bertz CT molecular complexity index is 1180. The number of nitrogens with one attached hydrogen (secondary N) is 3. The molecule has 43 heavy (non-hydrogen) atoms. The number of nitrogens with two attached hydrogens (primary N) is 3. The van der Waals surface area contributed by atoms with Crippen molar-refractivity contribution in [2.45, 2.75) is 75.5 Å². The van der Waals surface area contributed by atoms with Crippen LogP contribution in [0.3, 0.4) is 0 Å². The molecular weight excluding hydrogens is 556 g/mol. The number of phenols is 2. The molecular formula is C30H44N6O7. The van der Waals surface area contributed by atoms with Crippen molar-refractivity contribution in [3.05, 3.63) is 59.7 Å². The third-order valence-corrected chi connectivity index (χ3v) is 6.87. The molecule has 0 unspecified atom stereocenters. The number of carboxylic acid groups (broad SMARTS) is 1. The number of carboxylic acids is 1. The second-order valence-corrected chi connectivity index (χ2v) is 10.5. The number of aromatic hydroxyl groups is 2. The predicted octanol–water partition coefficient (Wildman–Crippen LogP) is 0.00730. The molecule has 2 aromatic carbocycles. The molecule has 0 radical (unpaired) electrons. The second kappa shape index (κ2) is 18.4. The fourth-order valence-corrected chi connectivity index (χ4v) is 4.34. The minimum atomic E-state index is -1.19. The van der Waals surface area contributed by atoms with E-state index in [-0.39, 0.29) is 43.2 Å². The summed E-state index contributed by atoms with van der Waals surface area (Å²) in [6.07, 6.45) is 2.82. The van der Waals surface area contributed by atoms with Gasteiger partial charge in [-0.25, -0.2) is 4.79 Å². The van der Waals surface area contributed by atoms with Crippen molar-refractivity contribution in [2.75, 3.05) is 13.1 Å². The molecule has 13 nitrogen and oxygen atoms in total. The summed E-state index contributed by atoms with van der Waals surface area (Å²) in [6.45, 7) is 0.678. The highest BCUT2D eigenvalue weighted by Gasteiger charge is 2.27. The number of unbranched alkanes of at least 4 members (excludes halogenated alkanes) is 2. The van der Waals surface area contributed by atoms with E-state index < -0.39 is 42.0 Å². The Hall–Kier alpha value is -4.20. The Labute approximate surface area is 251 Å². The smallest absolute Gasteiger partial charge is 0.326 e. The average molecular weight is 601 g/mol. The van der Waals surface area contributed by atoms with Gasteiger partial charge in [0, 0.05) is 6.54 Å². The summed E-state index contributed by atoms with van der Waals surface area (Å²) in [7, 11) is 0. The van der Waals surface area contributed by atoms with E-state index in [4.69, 9.17) is 17.2 Å². The molecule has 0 spiro atoms. The Morgan fingerprint density at radius 3 is 1.63 bits per heavy atom. The van der Waals surface area contributed by atoms with Crippen LogP contribution < -0.4 is 33.2 Å². The van der Waals surface area contributed by atoms with Crippen molar-refractivity contribution in [2.24, 2.45) is 17.2 Å². The number of carbonyl (C=O) groups is 4. The molecule has 13 heteroatoms. The molecule has 0 aliphatic carbocycles.